The number of hydrogen-bond donors (Lipinski definition) is 2. The summed E-state index contributed by atoms with van der Waals surface area (Å²) < 4.78 is 12.8. The van der Waals surface area contributed by atoms with E-state index < -0.39 is 33.7 Å². The number of benzene rings is 1. The van der Waals surface area contributed by atoms with E-state index in [1.165, 1.54) is 0 Å². The largest absolute Gasteiger partial charge is 0.505 e. The molecule has 0 amide bonds. The smallest absolute Gasteiger partial charge is 0.336 e. The van der Waals surface area contributed by atoms with Crippen LogP contribution < -0.4 is 0 Å². The fraction of sp³-hybridized carbons (Fsp3) is 0. The third-order valence-corrected chi connectivity index (χ3v) is 1.48. The second kappa shape index (κ2) is 3.29. The number of carboxylic acids is 1. The molecule has 0 bridgehead atoms. The Morgan fingerprint density at radius 1 is 1.50 bits per heavy atom. The molecule has 0 saturated carbocycles. The van der Waals surface area contributed by atoms with Crippen molar-refractivity contribution in [3.8, 4) is 5.75 Å². The maximum absolute atomic E-state index is 12.8. The van der Waals surface area contributed by atoms with Gasteiger partial charge in [-0.2, -0.15) is 4.39 Å². The summed E-state index contributed by atoms with van der Waals surface area (Å²) in [4.78, 5) is 19.5. The predicted octanol–water partition coefficient (Wildman–Crippen LogP) is 1.14. The van der Waals surface area contributed by atoms with E-state index in [2.05, 4.69) is 0 Å². The lowest BCUT2D eigenvalue weighted by molar-refractivity contribution is -0.387. The van der Waals surface area contributed by atoms with Gasteiger partial charge in [-0.3, -0.25) is 10.1 Å². The van der Waals surface area contributed by atoms with Crippen LogP contribution in [0.3, 0.4) is 0 Å². The van der Waals surface area contributed by atoms with E-state index in [1.54, 1.807) is 0 Å². The molecule has 1 rings (SSSR count). The number of carbonyl (C=O) groups is 1. The van der Waals surface area contributed by atoms with Crippen molar-refractivity contribution < 1.29 is 24.3 Å². The number of phenolic OH excluding ortho intramolecular Hbond substituents is 1. The first kappa shape index (κ1) is 9.90. The molecular formula is C7H4FNO5. The van der Waals surface area contributed by atoms with E-state index in [0.29, 0.717) is 12.1 Å². The molecule has 0 aliphatic heterocycles. The molecule has 0 heterocycles. The number of aromatic carboxylic acids is 1. The minimum absolute atomic E-state index is 0.539. The zero-order chi connectivity index (χ0) is 10.9. The Bertz CT molecular complexity index is 417. The van der Waals surface area contributed by atoms with Gasteiger partial charge < -0.3 is 10.2 Å². The fourth-order valence-corrected chi connectivity index (χ4v) is 0.851. The van der Waals surface area contributed by atoms with Crippen LogP contribution in [-0.4, -0.2) is 21.1 Å². The Morgan fingerprint density at radius 2 is 2.07 bits per heavy atom. The molecule has 0 unspecified atom stereocenters. The van der Waals surface area contributed by atoms with Gasteiger partial charge in [0.1, 0.15) is 0 Å². The first-order chi connectivity index (χ1) is 6.43. The van der Waals surface area contributed by atoms with Crippen LogP contribution in [0.5, 0.6) is 5.75 Å². The van der Waals surface area contributed by atoms with Crippen LogP contribution >= 0.6 is 0 Å². The van der Waals surface area contributed by atoms with Crippen molar-refractivity contribution >= 4 is 11.7 Å². The maximum Gasteiger partial charge on any atom is 0.336 e. The van der Waals surface area contributed by atoms with Gasteiger partial charge in [0.15, 0.2) is 5.75 Å². The molecule has 0 spiro atoms. The lowest BCUT2D eigenvalue weighted by Crippen LogP contribution is -2.00. The molecule has 6 nitrogen and oxygen atoms in total. The standard InChI is InChI=1S/C7H4FNO5/c8-6-4(9(13)14)1-3(7(11)12)2-5(6)10/h1-2,10H,(H,11,12). The lowest BCUT2D eigenvalue weighted by Gasteiger charge is -1.99. The van der Waals surface area contributed by atoms with Crippen molar-refractivity contribution in [2.45, 2.75) is 0 Å². The fourth-order valence-electron chi connectivity index (χ4n) is 0.851. The molecular weight excluding hydrogens is 197 g/mol. The van der Waals surface area contributed by atoms with Gasteiger partial charge in [-0.1, -0.05) is 0 Å². The van der Waals surface area contributed by atoms with E-state index in [1.807, 2.05) is 0 Å². The number of carboxylic acid groups (broad SMARTS) is 1. The monoisotopic (exact) mass is 201 g/mol. The molecule has 74 valence electrons. The molecule has 0 radical (unpaired) electrons. The highest BCUT2D eigenvalue weighted by Crippen LogP contribution is 2.27. The molecule has 1 aromatic rings. The molecule has 0 aliphatic carbocycles. The minimum atomic E-state index is -1.48. The highest BCUT2D eigenvalue weighted by atomic mass is 19.1. The summed E-state index contributed by atoms with van der Waals surface area (Å²) in [5.41, 5.74) is -1.61. The second-order valence-electron chi connectivity index (χ2n) is 2.39. The first-order valence-corrected chi connectivity index (χ1v) is 3.33. The number of rotatable bonds is 2. The molecule has 1 aromatic carbocycles. The Kier molecular flexibility index (Phi) is 2.32. The van der Waals surface area contributed by atoms with Crippen LogP contribution in [0.1, 0.15) is 10.4 Å². The van der Waals surface area contributed by atoms with Gasteiger partial charge in [0.05, 0.1) is 10.5 Å². The third-order valence-electron chi connectivity index (χ3n) is 1.48. The van der Waals surface area contributed by atoms with Crippen LogP contribution in [0.2, 0.25) is 0 Å². The quantitative estimate of drug-likeness (QED) is 0.551. The summed E-state index contributed by atoms with van der Waals surface area (Å²) in [6.07, 6.45) is 0. The van der Waals surface area contributed by atoms with E-state index in [-0.39, 0.29) is 0 Å². The van der Waals surface area contributed by atoms with Crippen molar-refractivity contribution in [2.24, 2.45) is 0 Å². The molecule has 14 heavy (non-hydrogen) atoms. The summed E-state index contributed by atoms with van der Waals surface area (Å²) in [5.74, 6) is -3.99. The number of nitrogens with zero attached hydrogens (tertiary/aromatic N) is 1. The summed E-state index contributed by atoms with van der Waals surface area (Å²) in [6.45, 7) is 0. The zero-order valence-corrected chi connectivity index (χ0v) is 6.60. The average Bonchev–Trinajstić information content (AvgIpc) is 2.08. The number of nitro benzene ring substituents is 1. The highest BCUT2D eigenvalue weighted by Gasteiger charge is 2.21. The Morgan fingerprint density at radius 3 is 2.50 bits per heavy atom. The van der Waals surface area contributed by atoms with E-state index in [9.17, 15) is 19.3 Å². The SMILES string of the molecule is O=C(O)c1cc(O)c(F)c([N+](=O)[O-])c1. The predicted molar refractivity (Wildman–Crippen MR) is 41.7 cm³/mol. The topological polar surface area (TPSA) is 101 Å². The van der Waals surface area contributed by atoms with Crippen LogP contribution in [0, 0.1) is 15.9 Å². The molecule has 0 aliphatic rings. The minimum Gasteiger partial charge on any atom is -0.505 e. The van der Waals surface area contributed by atoms with Gasteiger partial charge in [0.25, 0.3) is 0 Å². The van der Waals surface area contributed by atoms with Crippen molar-refractivity contribution in [1.29, 1.82) is 0 Å². The van der Waals surface area contributed by atoms with Gasteiger partial charge in [0, 0.05) is 6.07 Å². The summed E-state index contributed by atoms with van der Waals surface area (Å²) in [7, 11) is 0. The molecule has 7 heteroatoms. The third kappa shape index (κ3) is 1.60. The first-order valence-electron chi connectivity index (χ1n) is 3.33. The van der Waals surface area contributed by atoms with Gasteiger partial charge in [0.2, 0.25) is 5.82 Å². The number of halogens is 1. The van der Waals surface area contributed by atoms with Gasteiger partial charge >= 0.3 is 11.7 Å². The van der Waals surface area contributed by atoms with Crippen LogP contribution in [0.4, 0.5) is 10.1 Å². The normalized spacial score (nSPS) is 9.79. The van der Waals surface area contributed by atoms with Gasteiger partial charge in [-0.05, 0) is 6.07 Å². The Hall–Kier alpha value is -2.18. The summed E-state index contributed by atoms with van der Waals surface area (Å²) in [6, 6.07) is 1.14. The number of aromatic hydroxyl groups is 1. The number of nitro groups is 1. The molecule has 0 atom stereocenters. The summed E-state index contributed by atoms with van der Waals surface area (Å²) >= 11 is 0. The van der Waals surface area contributed by atoms with Crippen molar-refractivity contribution in [3.05, 3.63) is 33.6 Å². The maximum atomic E-state index is 12.8. The number of hydrogen-bond acceptors (Lipinski definition) is 4. The number of phenols is 1. The van der Waals surface area contributed by atoms with Gasteiger partial charge in [-0.25, -0.2) is 4.79 Å². The molecule has 2 N–H and O–H groups in total. The van der Waals surface area contributed by atoms with Crippen LogP contribution in [0.25, 0.3) is 0 Å². The van der Waals surface area contributed by atoms with Crippen molar-refractivity contribution in [1.82, 2.24) is 0 Å². The van der Waals surface area contributed by atoms with Crippen LogP contribution in [-0.2, 0) is 0 Å². The highest BCUT2D eigenvalue weighted by molar-refractivity contribution is 5.89. The summed E-state index contributed by atoms with van der Waals surface area (Å²) in [5, 5.41) is 27.5. The average molecular weight is 201 g/mol. The zero-order valence-electron chi connectivity index (χ0n) is 6.60. The molecule has 0 saturated heterocycles. The Labute approximate surface area is 76.4 Å². The molecule has 0 fully saturated rings. The Balaban J connectivity index is 3.43. The lowest BCUT2D eigenvalue weighted by atomic mass is 10.2. The van der Waals surface area contributed by atoms with Crippen molar-refractivity contribution in [3.63, 3.8) is 0 Å². The van der Waals surface area contributed by atoms with E-state index in [4.69, 9.17) is 10.2 Å². The van der Waals surface area contributed by atoms with Crippen molar-refractivity contribution in [2.75, 3.05) is 0 Å². The van der Waals surface area contributed by atoms with Crippen LogP contribution in [0.15, 0.2) is 12.1 Å². The van der Waals surface area contributed by atoms with Gasteiger partial charge in [-0.15, -0.1) is 0 Å². The van der Waals surface area contributed by atoms with E-state index in [0.717, 1.165) is 0 Å². The molecule has 0 aromatic heterocycles. The van der Waals surface area contributed by atoms with E-state index >= 15 is 0 Å². The second-order valence-corrected chi connectivity index (χ2v) is 2.39.